The fourth-order valence-electron chi connectivity index (χ4n) is 2.61. The number of nitrogens with zero attached hydrogens (tertiary/aromatic N) is 3. The van der Waals surface area contributed by atoms with Gasteiger partial charge in [0.05, 0.1) is 0 Å². The number of carbonyl (C=O) groups is 2. The third-order valence-electron chi connectivity index (χ3n) is 3.88. The van der Waals surface area contributed by atoms with Crippen LogP contribution in [0, 0.1) is 0 Å². The third-order valence-corrected chi connectivity index (χ3v) is 3.88. The van der Waals surface area contributed by atoms with Crippen LogP contribution >= 0.6 is 0 Å². The molecular weight excluding hydrogens is 246 g/mol. The molecule has 1 heterocycles. The highest BCUT2D eigenvalue weighted by Gasteiger charge is 2.31. The van der Waals surface area contributed by atoms with Gasteiger partial charge in [0, 0.05) is 32.7 Å². The molecule has 0 aromatic rings. The fraction of sp³-hybridized carbons (Fsp3) is 0.846. The van der Waals surface area contributed by atoms with Crippen LogP contribution < -0.4 is 0 Å². The summed E-state index contributed by atoms with van der Waals surface area (Å²) in [6.45, 7) is 9.13. The average Bonchev–Trinajstić information content (AvgIpc) is 2.37. The molecule has 6 heteroatoms. The van der Waals surface area contributed by atoms with E-state index >= 15 is 0 Å². The van der Waals surface area contributed by atoms with Gasteiger partial charge in [-0.05, 0) is 19.9 Å². The van der Waals surface area contributed by atoms with Crippen molar-refractivity contribution in [3.05, 3.63) is 0 Å². The Morgan fingerprint density at radius 1 is 1.37 bits per heavy atom. The van der Waals surface area contributed by atoms with E-state index in [1.54, 1.807) is 18.9 Å². The van der Waals surface area contributed by atoms with Crippen LogP contribution in [0.3, 0.4) is 0 Å². The number of carbonyl (C=O) groups excluding carboxylic acids is 1. The van der Waals surface area contributed by atoms with Gasteiger partial charge in [-0.25, -0.2) is 9.59 Å². The Labute approximate surface area is 115 Å². The molecule has 1 aliphatic heterocycles. The monoisotopic (exact) mass is 271 g/mol. The zero-order valence-corrected chi connectivity index (χ0v) is 12.3. The molecule has 0 spiro atoms. The highest BCUT2D eigenvalue weighted by atomic mass is 16.4. The van der Waals surface area contributed by atoms with Crippen molar-refractivity contribution in [2.75, 3.05) is 33.2 Å². The van der Waals surface area contributed by atoms with Gasteiger partial charge in [-0.2, -0.15) is 0 Å². The lowest BCUT2D eigenvalue weighted by Gasteiger charge is -2.41. The number of likely N-dealkylation sites (N-methyl/N-ethyl adjacent to an activating group) is 2. The second-order valence-corrected chi connectivity index (χ2v) is 5.08. The lowest BCUT2D eigenvalue weighted by Crippen LogP contribution is -2.57. The molecule has 0 bridgehead atoms. The number of hydrogen-bond acceptors (Lipinski definition) is 3. The molecule has 1 aliphatic rings. The zero-order valence-electron chi connectivity index (χ0n) is 12.3. The molecule has 1 rings (SSSR count). The van der Waals surface area contributed by atoms with Gasteiger partial charge in [-0.15, -0.1) is 0 Å². The minimum atomic E-state index is -0.946. The first kappa shape index (κ1) is 15.8. The van der Waals surface area contributed by atoms with Crippen LogP contribution in [0.25, 0.3) is 0 Å². The maximum absolute atomic E-state index is 12.3. The quantitative estimate of drug-likeness (QED) is 0.826. The minimum Gasteiger partial charge on any atom is -0.480 e. The predicted octanol–water partition coefficient (Wildman–Crippen LogP) is 0.927. The van der Waals surface area contributed by atoms with Crippen LogP contribution in [0.15, 0.2) is 0 Å². The van der Waals surface area contributed by atoms with E-state index in [-0.39, 0.29) is 6.03 Å². The Kier molecular flexibility index (Phi) is 5.60. The first-order valence-corrected chi connectivity index (χ1v) is 6.90. The van der Waals surface area contributed by atoms with E-state index in [2.05, 4.69) is 18.7 Å². The number of carboxylic acids is 1. The van der Waals surface area contributed by atoms with Gasteiger partial charge in [-0.3, -0.25) is 4.90 Å². The van der Waals surface area contributed by atoms with E-state index in [4.69, 9.17) is 5.11 Å². The molecule has 2 atom stereocenters. The summed E-state index contributed by atoms with van der Waals surface area (Å²) in [4.78, 5) is 28.8. The van der Waals surface area contributed by atoms with Crippen molar-refractivity contribution in [1.29, 1.82) is 0 Å². The predicted molar refractivity (Wildman–Crippen MR) is 73.2 cm³/mol. The van der Waals surface area contributed by atoms with Gasteiger partial charge >= 0.3 is 12.0 Å². The largest absolute Gasteiger partial charge is 0.480 e. The summed E-state index contributed by atoms with van der Waals surface area (Å²) in [7, 11) is 1.57. The topological polar surface area (TPSA) is 64.1 Å². The lowest BCUT2D eigenvalue weighted by molar-refractivity contribution is -0.142. The van der Waals surface area contributed by atoms with E-state index in [1.807, 2.05) is 0 Å². The first-order chi connectivity index (χ1) is 8.92. The van der Waals surface area contributed by atoms with E-state index < -0.39 is 12.0 Å². The van der Waals surface area contributed by atoms with E-state index in [0.717, 1.165) is 13.1 Å². The maximum Gasteiger partial charge on any atom is 0.326 e. The lowest BCUT2D eigenvalue weighted by atomic mass is 10.2. The summed E-state index contributed by atoms with van der Waals surface area (Å²) in [5.41, 5.74) is 0. The van der Waals surface area contributed by atoms with Crippen LogP contribution in [0.4, 0.5) is 4.79 Å². The average molecular weight is 271 g/mol. The van der Waals surface area contributed by atoms with Crippen molar-refractivity contribution in [3.63, 3.8) is 0 Å². The molecule has 0 saturated carbocycles. The smallest absolute Gasteiger partial charge is 0.326 e. The van der Waals surface area contributed by atoms with Crippen molar-refractivity contribution in [3.8, 4) is 0 Å². The molecular formula is C13H25N3O3. The van der Waals surface area contributed by atoms with Gasteiger partial charge in [0.15, 0.2) is 0 Å². The minimum absolute atomic E-state index is 0.183. The Morgan fingerprint density at radius 2 is 2.00 bits per heavy atom. The van der Waals surface area contributed by atoms with E-state index in [9.17, 15) is 9.59 Å². The summed E-state index contributed by atoms with van der Waals surface area (Å²) < 4.78 is 0. The van der Waals surface area contributed by atoms with E-state index in [1.165, 1.54) is 4.90 Å². The zero-order chi connectivity index (χ0) is 14.6. The van der Waals surface area contributed by atoms with Gasteiger partial charge in [0.25, 0.3) is 0 Å². The standard InChI is InChI=1S/C13H25N3O3/c1-5-11(12(17)18)14(4)13(19)16-8-7-15(6-2)10(3)9-16/h10-11H,5-9H2,1-4H3,(H,17,18). The Balaban J connectivity index is 2.65. The molecule has 0 aromatic heterocycles. The number of aliphatic carboxylic acids is 1. The van der Waals surface area contributed by atoms with Crippen molar-refractivity contribution >= 4 is 12.0 Å². The third kappa shape index (κ3) is 3.59. The molecule has 6 nitrogen and oxygen atoms in total. The summed E-state index contributed by atoms with van der Waals surface area (Å²) in [5.74, 6) is -0.946. The van der Waals surface area contributed by atoms with Gasteiger partial charge in [0.1, 0.15) is 6.04 Å². The molecule has 2 amide bonds. The second-order valence-electron chi connectivity index (χ2n) is 5.08. The highest BCUT2D eigenvalue weighted by molar-refractivity contribution is 5.82. The summed E-state index contributed by atoms with van der Waals surface area (Å²) in [6.07, 6.45) is 0.419. The second kappa shape index (κ2) is 6.75. The molecule has 0 radical (unpaired) electrons. The summed E-state index contributed by atoms with van der Waals surface area (Å²) >= 11 is 0. The Bertz CT molecular complexity index is 335. The van der Waals surface area contributed by atoms with Crippen molar-refractivity contribution < 1.29 is 14.7 Å². The van der Waals surface area contributed by atoms with Crippen LogP contribution in [0.1, 0.15) is 27.2 Å². The number of rotatable bonds is 4. The molecule has 1 saturated heterocycles. The van der Waals surface area contributed by atoms with Gasteiger partial charge < -0.3 is 14.9 Å². The molecule has 2 unspecified atom stereocenters. The van der Waals surface area contributed by atoms with Gasteiger partial charge in [0.2, 0.25) is 0 Å². The van der Waals surface area contributed by atoms with Crippen molar-refractivity contribution in [1.82, 2.24) is 14.7 Å². The van der Waals surface area contributed by atoms with Crippen LogP contribution in [0.2, 0.25) is 0 Å². The molecule has 110 valence electrons. The van der Waals surface area contributed by atoms with Crippen LogP contribution in [0.5, 0.6) is 0 Å². The Hall–Kier alpha value is -1.30. The first-order valence-electron chi connectivity index (χ1n) is 6.90. The van der Waals surface area contributed by atoms with Gasteiger partial charge in [-0.1, -0.05) is 13.8 Å². The normalized spacial score (nSPS) is 22.1. The number of piperazine rings is 1. The fourth-order valence-corrected chi connectivity index (χ4v) is 2.61. The molecule has 1 fully saturated rings. The molecule has 1 N–H and O–H groups in total. The van der Waals surface area contributed by atoms with Crippen molar-refractivity contribution in [2.24, 2.45) is 0 Å². The van der Waals surface area contributed by atoms with Crippen LogP contribution in [-0.2, 0) is 4.79 Å². The number of urea groups is 1. The SMILES string of the molecule is CCC(C(=O)O)N(C)C(=O)N1CCN(CC)C(C)C1. The Morgan fingerprint density at radius 3 is 2.42 bits per heavy atom. The highest BCUT2D eigenvalue weighted by Crippen LogP contribution is 2.13. The number of amides is 2. The van der Waals surface area contributed by atoms with Crippen molar-refractivity contribution in [2.45, 2.75) is 39.3 Å². The molecule has 0 aromatic carbocycles. The summed E-state index contributed by atoms with van der Waals surface area (Å²) in [6, 6.07) is -0.607. The van der Waals surface area contributed by atoms with E-state index in [0.29, 0.717) is 25.6 Å². The molecule has 0 aliphatic carbocycles. The number of hydrogen-bond donors (Lipinski definition) is 1. The molecule has 19 heavy (non-hydrogen) atoms. The van der Waals surface area contributed by atoms with Crippen LogP contribution in [-0.4, -0.2) is 77.1 Å². The maximum atomic E-state index is 12.3. The summed E-state index contributed by atoms with van der Waals surface area (Å²) in [5, 5.41) is 9.10. The number of carboxylic acid groups (broad SMARTS) is 1.